The minimum atomic E-state index is -0.348. The second-order valence-corrected chi connectivity index (χ2v) is 8.02. The molecule has 1 fully saturated rings. The SMILES string of the molecule is CC1=C(C)C2OC3CC4C(=C(C(C)O3)C(C)C(=O)C4C)C2=C(C)C1=O. The minimum Gasteiger partial charge on any atom is -0.345 e. The van der Waals surface area contributed by atoms with E-state index in [4.69, 9.17) is 9.47 Å². The predicted molar refractivity (Wildman–Crippen MR) is 93.8 cm³/mol. The van der Waals surface area contributed by atoms with Crippen molar-refractivity contribution in [2.24, 2.45) is 17.8 Å². The summed E-state index contributed by atoms with van der Waals surface area (Å²) in [4.78, 5) is 25.6. The quantitative estimate of drug-likeness (QED) is 0.676. The molecule has 0 N–H and O–H groups in total. The van der Waals surface area contributed by atoms with Crippen LogP contribution in [-0.4, -0.2) is 30.1 Å². The smallest absolute Gasteiger partial charge is 0.184 e. The number of hydrogen-bond acceptors (Lipinski definition) is 4. The average molecular weight is 342 g/mol. The van der Waals surface area contributed by atoms with Crippen LogP contribution in [0.25, 0.3) is 0 Å². The second kappa shape index (κ2) is 5.49. The van der Waals surface area contributed by atoms with Crippen LogP contribution in [0.2, 0.25) is 0 Å². The topological polar surface area (TPSA) is 52.6 Å². The number of ketones is 2. The van der Waals surface area contributed by atoms with E-state index in [0.717, 1.165) is 27.9 Å². The van der Waals surface area contributed by atoms with E-state index in [9.17, 15) is 9.59 Å². The van der Waals surface area contributed by atoms with Crippen LogP contribution in [-0.2, 0) is 19.1 Å². The zero-order valence-corrected chi connectivity index (χ0v) is 15.8. The van der Waals surface area contributed by atoms with Gasteiger partial charge < -0.3 is 9.47 Å². The summed E-state index contributed by atoms with van der Waals surface area (Å²) in [5.74, 6) is 0.208. The number of rotatable bonds is 0. The Bertz CT molecular complexity index is 782. The van der Waals surface area contributed by atoms with Crippen LogP contribution in [0.5, 0.6) is 0 Å². The Labute approximate surface area is 148 Å². The van der Waals surface area contributed by atoms with Crippen molar-refractivity contribution < 1.29 is 19.1 Å². The molecular formula is C21H26O4. The van der Waals surface area contributed by atoms with Crippen molar-refractivity contribution in [3.8, 4) is 0 Å². The van der Waals surface area contributed by atoms with Gasteiger partial charge in [0.05, 0.1) is 6.10 Å². The summed E-state index contributed by atoms with van der Waals surface area (Å²) in [5.41, 5.74) is 5.77. The standard InChI is InChI=1S/C21H26O4/c1-8-9(2)21-17(12(5)19(8)22)18-14-7-15(25-21)24-13(6)16(18)11(4)20(23)10(14)3/h10-11,13-15,21H,7H2,1-6H3. The van der Waals surface area contributed by atoms with Gasteiger partial charge in [-0.15, -0.1) is 0 Å². The highest BCUT2D eigenvalue weighted by molar-refractivity contribution is 6.10. The van der Waals surface area contributed by atoms with Crippen LogP contribution < -0.4 is 0 Å². The van der Waals surface area contributed by atoms with Crippen LogP contribution in [0.1, 0.15) is 48.0 Å². The number of carbonyl (C=O) groups excluding carboxylic acids is 2. The summed E-state index contributed by atoms with van der Waals surface area (Å²) < 4.78 is 12.5. The predicted octanol–water partition coefficient (Wildman–Crippen LogP) is 3.52. The van der Waals surface area contributed by atoms with Crippen molar-refractivity contribution >= 4 is 11.6 Å². The Hall–Kier alpha value is -1.52. The van der Waals surface area contributed by atoms with Crippen molar-refractivity contribution in [1.82, 2.24) is 0 Å². The molecule has 134 valence electrons. The van der Waals surface area contributed by atoms with E-state index in [1.54, 1.807) is 0 Å². The van der Waals surface area contributed by atoms with Crippen molar-refractivity contribution in [3.63, 3.8) is 0 Å². The Morgan fingerprint density at radius 2 is 1.60 bits per heavy atom. The molecule has 2 heterocycles. The highest BCUT2D eigenvalue weighted by atomic mass is 16.7. The van der Waals surface area contributed by atoms with Gasteiger partial charge in [0, 0.05) is 23.8 Å². The zero-order valence-electron chi connectivity index (χ0n) is 15.8. The van der Waals surface area contributed by atoms with Gasteiger partial charge in [0.15, 0.2) is 12.1 Å². The molecule has 0 aromatic rings. The second-order valence-electron chi connectivity index (χ2n) is 8.02. The summed E-state index contributed by atoms with van der Waals surface area (Å²) in [6, 6.07) is 0. The lowest BCUT2D eigenvalue weighted by Crippen LogP contribution is -2.40. The Morgan fingerprint density at radius 1 is 0.920 bits per heavy atom. The number of Topliss-reactive ketones (excluding diaryl/α,β-unsaturated/α-hetero) is 2. The third-order valence-electron chi connectivity index (χ3n) is 6.78. The van der Waals surface area contributed by atoms with E-state index >= 15 is 0 Å². The number of ether oxygens (including phenoxy) is 2. The number of allylic oxidation sites excluding steroid dienone is 2. The van der Waals surface area contributed by atoms with Gasteiger partial charge in [-0.05, 0) is 61.5 Å². The van der Waals surface area contributed by atoms with Crippen molar-refractivity contribution in [2.75, 3.05) is 0 Å². The fraction of sp³-hybridized carbons (Fsp3) is 0.619. The van der Waals surface area contributed by atoms with Crippen LogP contribution in [0.3, 0.4) is 0 Å². The molecule has 1 saturated heterocycles. The monoisotopic (exact) mass is 342 g/mol. The molecular weight excluding hydrogens is 316 g/mol. The minimum absolute atomic E-state index is 0.0719. The Balaban J connectivity index is 2.05. The fourth-order valence-corrected chi connectivity index (χ4v) is 5.20. The lowest BCUT2D eigenvalue weighted by Gasteiger charge is -2.40. The molecule has 0 amide bonds. The van der Waals surface area contributed by atoms with Crippen molar-refractivity contribution in [2.45, 2.75) is 66.5 Å². The van der Waals surface area contributed by atoms with Crippen molar-refractivity contribution in [1.29, 1.82) is 0 Å². The van der Waals surface area contributed by atoms with Gasteiger partial charge in [0.2, 0.25) is 0 Å². The Kier molecular flexibility index (Phi) is 3.71. The van der Waals surface area contributed by atoms with Crippen LogP contribution in [0.15, 0.2) is 33.4 Å². The zero-order chi connectivity index (χ0) is 18.2. The first-order valence-corrected chi connectivity index (χ1v) is 9.25. The molecule has 2 aliphatic heterocycles. The van der Waals surface area contributed by atoms with Gasteiger partial charge >= 0.3 is 0 Å². The highest BCUT2D eigenvalue weighted by Gasteiger charge is 2.51. The molecule has 6 atom stereocenters. The van der Waals surface area contributed by atoms with E-state index < -0.39 is 0 Å². The molecule has 0 aromatic carbocycles. The molecule has 4 aliphatic rings. The van der Waals surface area contributed by atoms with E-state index in [1.807, 2.05) is 41.5 Å². The molecule has 4 bridgehead atoms. The molecule has 0 aromatic heterocycles. The van der Waals surface area contributed by atoms with Gasteiger partial charge in [-0.1, -0.05) is 13.8 Å². The van der Waals surface area contributed by atoms with Gasteiger partial charge in [-0.3, -0.25) is 9.59 Å². The van der Waals surface area contributed by atoms with E-state index in [-0.39, 0.29) is 47.8 Å². The molecule has 25 heavy (non-hydrogen) atoms. The number of hydrogen-bond donors (Lipinski definition) is 0. The summed E-state index contributed by atoms with van der Waals surface area (Å²) >= 11 is 0. The maximum Gasteiger partial charge on any atom is 0.184 e. The first-order valence-electron chi connectivity index (χ1n) is 9.25. The lowest BCUT2D eigenvalue weighted by molar-refractivity contribution is -0.173. The van der Waals surface area contributed by atoms with E-state index in [0.29, 0.717) is 6.42 Å². The average Bonchev–Trinajstić information content (AvgIpc) is 2.80. The molecule has 0 radical (unpaired) electrons. The molecule has 6 unspecified atom stereocenters. The molecule has 4 nitrogen and oxygen atoms in total. The molecule has 0 saturated carbocycles. The normalized spacial score (nSPS) is 41.2. The first-order chi connectivity index (χ1) is 11.7. The van der Waals surface area contributed by atoms with Crippen LogP contribution >= 0.6 is 0 Å². The maximum absolute atomic E-state index is 12.8. The Morgan fingerprint density at radius 3 is 2.28 bits per heavy atom. The summed E-state index contributed by atoms with van der Waals surface area (Å²) in [7, 11) is 0. The summed E-state index contributed by atoms with van der Waals surface area (Å²) in [5, 5.41) is 0. The van der Waals surface area contributed by atoms with Crippen LogP contribution in [0, 0.1) is 17.8 Å². The fourth-order valence-electron chi connectivity index (χ4n) is 5.20. The molecule has 0 spiro atoms. The number of fused-ring (bicyclic) bond motifs is 2. The third-order valence-corrected chi connectivity index (χ3v) is 6.78. The molecule has 4 heteroatoms. The number of carbonyl (C=O) groups is 2. The summed E-state index contributed by atoms with van der Waals surface area (Å²) in [6.07, 6.45) is -0.0754. The molecule has 4 rings (SSSR count). The van der Waals surface area contributed by atoms with Crippen LogP contribution in [0.4, 0.5) is 0 Å². The van der Waals surface area contributed by atoms with Gasteiger partial charge in [-0.2, -0.15) is 0 Å². The highest BCUT2D eigenvalue weighted by Crippen LogP contribution is 2.52. The summed E-state index contributed by atoms with van der Waals surface area (Å²) in [6.45, 7) is 11.8. The van der Waals surface area contributed by atoms with Crippen molar-refractivity contribution in [3.05, 3.63) is 33.4 Å². The largest absolute Gasteiger partial charge is 0.345 e. The van der Waals surface area contributed by atoms with E-state index in [1.165, 1.54) is 5.57 Å². The van der Waals surface area contributed by atoms with E-state index in [2.05, 4.69) is 0 Å². The third kappa shape index (κ3) is 2.13. The van der Waals surface area contributed by atoms with Gasteiger partial charge in [0.25, 0.3) is 0 Å². The van der Waals surface area contributed by atoms with Gasteiger partial charge in [0.1, 0.15) is 11.9 Å². The van der Waals surface area contributed by atoms with Gasteiger partial charge in [-0.25, -0.2) is 0 Å². The lowest BCUT2D eigenvalue weighted by atomic mass is 9.64. The maximum atomic E-state index is 12.8. The molecule has 2 aliphatic carbocycles. The first kappa shape index (κ1) is 16.9.